The molecule has 1 N–H and O–H groups in total. The van der Waals surface area contributed by atoms with Gasteiger partial charge in [0, 0.05) is 36.2 Å². The Morgan fingerprint density at radius 3 is 2.69 bits per heavy atom. The molecule has 4 aromatic heterocycles. The number of pyridine rings is 1. The molecule has 0 saturated carbocycles. The van der Waals surface area contributed by atoms with Crippen molar-refractivity contribution in [3.05, 3.63) is 102 Å². The first kappa shape index (κ1) is 19.8. The van der Waals surface area contributed by atoms with Crippen LogP contribution in [-0.4, -0.2) is 30.5 Å². The normalized spacial score (nSPS) is 10.9. The number of nitrogens with zero attached hydrogens (tertiary/aromatic N) is 5. The monoisotopic (exact) mass is 444 g/mol. The molecule has 1 aromatic carbocycles. The Hall–Kier alpha value is -4.17. The molecule has 0 aliphatic heterocycles. The molecular formula is C23H17ClN6O2. The van der Waals surface area contributed by atoms with E-state index in [0.29, 0.717) is 28.8 Å². The molecule has 0 aliphatic rings. The van der Waals surface area contributed by atoms with Gasteiger partial charge in [-0.3, -0.25) is 4.79 Å². The highest BCUT2D eigenvalue weighted by Crippen LogP contribution is 2.25. The van der Waals surface area contributed by atoms with Crippen LogP contribution in [0.1, 0.15) is 16.1 Å². The number of hydrogen-bond donors (Lipinski definition) is 1. The summed E-state index contributed by atoms with van der Waals surface area (Å²) in [5.41, 5.74) is 2.58. The van der Waals surface area contributed by atoms with Crippen molar-refractivity contribution < 1.29 is 9.21 Å². The maximum absolute atomic E-state index is 12.9. The van der Waals surface area contributed by atoms with E-state index >= 15 is 0 Å². The minimum absolute atomic E-state index is 0.271. The second kappa shape index (κ2) is 8.52. The highest BCUT2D eigenvalue weighted by Gasteiger charge is 2.18. The maximum atomic E-state index is 12.9. The van der Waals surface area contributed by atoms with Gasteiger partial charge in [-0.05, 0) is 60.2 Å². The summed E-state index contributed by atoms with van der Waals surface area (Å²) in [5.74, 6) is 0.973. The van der Waals surface area contributed by atoms with Crippen LogP contribution in [0.4, 0.5) is 0 Å². The van der Waals surface area contributed by atoms with Crippen LogP contribution in [0, 0.1) is 0 Å². The average molecular weight is 445 g/mol. The Balaban J connectivity index is 1.39. The van der Waals surface area contributed by atoms with Crippen molar-refractivity contribution in [3.8, 4) is 23.0 Å². The van der Waals surface area contributed by atoms with E-state index in [9.17, 15) is 4.79 Å². The largest absolute Gasteiger partial charge is 0.463 e. The predicted molar refractivity (Wildman–Crippen MR) is 119 cm³/mol. The number of benzene rings is 1. The van der Waals surface area contributed by atoms with Crippen LogP contribution in [0.3, 0.4) is 0 Å². The molecule has 0 unspecified atom stereocenters. The fraction of sp³-hybridized carbons (Fsp3) is 0.0435. The third-order valence-electron chi connectivity index (χ3n) is 4.79. The summed E-state index contributed by atoms with van der Waals surface area (Å²) in [5, 5.41) is 12.2. The van der Waals surface area contributed by atoms with E-state index in [0.717, 1.165) is 11.3 Å². The molecule has 0 saturated heterocycles. The molecule has 5 aromatic rings. The molecule has 0 spiro atoms. The van der Waals surface area contributed by atoms with E-state index in [2.05, 4.69) is 20.5 Å². The summed E-state index contributed by atoms with van der Waals surface area (Å²) in [4.78, 5) is 17.2. The quantitative estimate of drug-likeness (QED) is 0.421. The number of hydrogen-bond acceptors (Lipinski definition) is 5. The smallest absolute Gasteiger partial charge is 0.272 e. The fourth-order valence-electron chi connectivity index (χ4n) is 3.24. The van der Waals surface area contributed by atoms with Gasteiger partial charge in [0.2, 0.25) is 0 Å². The minimum atomic E-state index is -0.303. The average Bonchev–Trinajstić information content (AvgIpc) is 3.59. The van der Waals surface area contributed by atoms with Crippen molar-refractivity contribution in [2.24, 2.45) is 0 Å². The van der Waals surface area contributed by atoms with Gasteiger partial charge in [-0.1, -0.05) is 11.6 Å². The van der Waals surface area contributed by atoms with Gasteiger partial charge >= 0.3 is 0 Å². The third-order valence-corrected chi connectivity index (χ3v) is 5.04. The second-order valence-corrected chi connectivity index (χ2v) is 7.37. The number of rotatable bonds is 6. The molecule has 158 valence electrons. The number of carbonyl (C=O) groups excluding carboxylic acids is 1. The zero-order valence-electron chi connectivity index (χ0n) is 16.7. The number of carbonyl (C=O) groups is 1. The van der Waals surface area contributed by atoms with Gasteiger partial charge in [0.25, 0.3) is 5.91 Å². The lowest BCUT2D eigenvalue weighted by atomic mass is 10.2. The Labute approximate surface area is 188 Å². The van der Waals surface area contributed by atoms with E-state index in [1.165, 1.54) is 0 Å². The molecule has 4 heterocycles. The Morgan fingerprint density at radius 1 is 1.06 bits per heavy atom. The van der Waals surface area contributed by atoms with Gasteiger partial charge in [0.05, 0.1) is 12.0 Å². The Morgan fingerprint density at radius 2 is 1.94 bits per heavy atom. The molecule has 32 heavy (non-hydrogen) atoms. The molecule has 0 bridgehead atoms. The number of aromatic nitrogens is 5. The number of furan rings is 1. The fourth-order valence-corrected chi connectivity index (χ4v) is 3.37. The molecule has 0 aliphatic carbocycles. The third kappa shape index (κ3) is 4.03. The number of amides is 1. The van der Waals surface area contributed by atoms with E-state index in [-0.39, 0.29) is 11.6 Å². The highest BCUT2D eigenvalue weighted by molar-refractivity contribution is 6.30. The zero-order valence-corrected chi connectivity index (χ0v) is 17.5. The van der Waals surface area contributed by atoms with Crippen molar-refractivity contribution in [2.45, 2.75) is 6.54 Å². The number of halogens is 1. The predicted octanol–water partition coefficient (Wildman–Crippen LogP) is 4.30. The highest BCUT2D eigenvalue weighted by atomic mass is 35.5. The van der Waals surface area contributed by atoms with Gasteiger partial charge in [0.15, 0.2) is 17.3 Å². The van der Waals surface area contributed by atoms with Crippen molar-refractivity contribution in [3.63, 3.8) is 0 Å². The van der Waals surface area contributed by atoms with Gasteiger partial charge in [-0.15, -0.1) is 0 Å². The maximum Gasteiger partial charge on any atom is 0.272 e. The van der Waals surface area contributed by atoms with Crippen LogP contribution >= 0.6 is 11.6 Å². The summed E-state index contributed by atoms with van der Waals surface area (Å²) >= 11 is 6.02. The first-order valence-electron chi connectivity index (χ1n) is 9.80. The van der Waals surface area contributed by atoms with Crippen molar-refractivity contribution in [1.82, 2.24) is 29.9 Å². The summed E-state index contributed by atoms with van der Waals surface area (Å²) in [6, 6.07) is 18.0. The van der Waals surface area contributed by atoms with Crippen LogP contribution < -0.4 is 5.32 Å². The zero-order chi connectivity index (χ0) is 21.9. The molecular weight excluding hydrogens is 428 g/mol. The lowest BCUT2D eigenvalue weighted by molar-refractivity contribution is 0.0945. The van der Waals surface area contributed by atoms with Gasteiger partial charge in [-0.2, -0.15) is 10.2 Å². The lowest BCUT2D eigenvalue weighted by Crippen LogP contribution is -2.23. The van der Waals surface area contributed by atoms with Gasteiger partial charge in [0.1, 0.15) is 5.69 Å². The van der Waals surface area contributed by atoms with Crippen LogP contribution in [0.25, 0.3) is 23.0 Å². The first-order chi connectivity index (χ1) is 15.7. The summed E-state index contributed by atoms with van der Waals surface area (Å²) in [6.07, 6.45) is 6.76. The molecule has 0 atom stereocenters. The second-order valence-electron chi connectivity index (χ2n) is 6.94. The molecule has 0 fully saturated rings. The van der Waals surface area contributed by atoms with Crippen molar-refractivity contribution in [1.29, 1.82) is 0 Å². The summed E-state index contributed by atoms with van der Waals surface area (Å²) in [7, 11) is 0. The Bertz CT molecular complexity index is 1340. The lowest BCUT2D eigenvalue weighted by Gasteiger charge is -2.06. The van der Waals surface area contributed by atoms with Crippen LogP contribution in [0.15, 0.2) is 89.9 Å². The topological polar surface area (TPSA) is 90.8 Å². The van der Waals surface area contributed by atoms with E-state index in [4.69, 9.17) is 16.0 Å². The molecule has 0 radical (unpaired) electrons. The summed E-state index contributed by atoms with van der Waals surface area (Å²) < 4.78 is 8.86. The Kier molecular flexibility index (Phi) is 5.27. The van der Waals surface area contributed by atoms with E-state index < -0.39 is 0 Å². The number of nitrogens with one attached hydrogen (secondary N) is 1. The van der Waals surface area contributed by atoms with Gasteiger partial charge < -0.3 is 9.73 Å². The molecule has 1 amide bonds. The SMILES string of the molecule is O=C(NCc1ccnc(-n2cccn2)c1)c1cc(-c2ccco2)n(-c2ccc(Cl)cc2)n1. The van der Waals surface area contributed by atoms with Gasteiger partial charge in [-0.25, -0.2) is 14.3 Å². The minimum Gasteiger partial charge on any atom is -0.463 e. The molecule has 5 rings (SSSR count). The molecule has 8 nitrogen and oxygen atoms in total. The van der Waals surface area contributed by atoms with E-state index in [1.807, 2.05) is 42.6 Å². The summed E-state index contributed by atoms with van der Waals surface area (Å²) in [6.45, 7) is 0.319. The van der Waals surface area contributed by atoms with Crippen LogP contribution in [0.5, 0.6) is 0 Å². The standard InChI is InChI=1S/C23H17ClN6O2/c24-17-4-6-18(7-5-17)30-20(21-3-1-12-32-21)14-19(28-30)23(31)26-15-16-8-10-25-22(13-16)29-11-2-9-27-29/h1-14H,15H2,(H,26,31). The first-order valence-corrected chi connectivity index (χ1v) is 10.2. The van der Waals surface area contributed by atoms with Crippen molar-refractivity contribution >= 4 is 17.5 Å². The van der Waals surface area contributed by atoms with Crippen molar-refractivity contribution in [2.75, 3.05) is 0 Å². The van der Waals surface area contributed by atoms with E-state index in [1.54, 1.807) is 52.3 Å². The molecule has 9 heteroatoms. The van der Waals surface area contributed by atoms with Crippen LogP contribution in [-0.2, 0) is 6.54 Å². The van der Waals surface area contributed by atoms with Crippen LogP contribution in [0.2, 0.25) is 5.02 Å².